The van der Waals surface area contributed by atoms with Gasteiger partial charge in [-0.15, -0.1) is 0 Å². The normalized spacial score (nSPS) is 4.62. The van der Waals surface area contributed by atoms with Crippen LogP contribution in [0.5, 0.6) is 0 Å². The Balaban J connectivity index is -0.0000000267. The minimum absolute atomic E-state index is 0. The summed E-state index contributed by atoms with van der Waals surface area (Å²) in [4.78, 5) is 9.26. The zero-order valence-electron chi connectivity index (χ0n) is 4.36. The fourth-order valence-electron chi connectivity index (χ4n) is 0. The Labute approximate surface area is 79.6 Å². The number of hydrogen-bond acceptors (Lipinski definition) is 2. The standard InChI is InChI=1S/C3H6O2.2ClH.In/c1-2-3(4)5;;;/h2H2,1H3,(H,4,5);2*1H;/q;;;+3/p-3. The quantitative estimate of drug-likeness (QED) is 0.469. The van der Waals surface area contributed by atoms with Crippen molar-refractivity contribution in [1.29, 1.82) is 0 Å². The van der Waals surface area contributed by atoms with Crippen LogP contribution in [0.4, 0.5) is 0 Å². The van der Waals surface area contributed by atoms with Crippen molar-refractivity contribution in [1.82, 2.24) is 0 Å². The third-order valence-corrected chi connectivity index (χ3v) is 0.289. The second-order valence-corrected chi connectivity index (χ2v) is 0.726. The van der Waals surface area contributed by atoms with Gasteiger partial charge >= 0.3 is 25.8 Å². The number of carboxylic acids is 1. The van der Waals surface area contributed by atoms with Crippen molar-refractivity contribution in [2.24, 2.45) is 0 Å². The molecule has 0 radical (unpaired) electrons. The van der Waals surface area contributed by atoms with Crippen LogP contribution in [0.25, 0.3) is 0 Å². The van der Waals surface area contributed by atoms with Crippen LogP contribution in [-0.4, -0.2) is 31.8 Å². The molecule has 0 aliphatic carbocycles. The molecule has 0 aromatic heterocycles. The third-order valence-electron chi connectivity index (χ3n) is 0.289. The SMILES string of the molecule is CCC(=O)[O-].[Cl-].[Cl-].[In+3]. The molecule has 0 amide bonds. The molecule has 0 heterocycles. The Morgan fingerprint density at radius 3 is 1.62 bits per heavy atom. The molecule has 0 aromatic rings. The molecule has 0 aromatic carbocycles. The number of carbonyl (C=O) groups excluding carboxylic acids is 1. The van der Waals surface area contributed by atoms with E-state index in [9.17, 15) is 9.90 Å². The molecule has 0 rings (SSSR count). The van der Waals surface area contributed by atoms with Gasteiger partial charge in [-0.05, 0) is 6.42 Å². The van der Waals surface area contributed by atoms with E-state index in [4.69, 9.17) is 0 Å². The first kappa shape index (κ1) is 23.1. The molecule has 0 bridgehead atoms. The maximum absolute atomic E-state index is 9.26. The van der Waals surface area contributed by atoms with Gasteiger partial charge in [-0.3, -0.25) is 0 Å². The topological polar surface area (TPSA) is 40.1 Å². The van der Waals surface area contributed by atoms with Crippen LogP contribution in [0.15, 0.2) is 0 Å². The summed E-state index contributed by atoms with van der Waals surface area (Å²) in [5, 5.41) is 9.26. The average Bonchev–Trinajstić information content (AvgIpc) is 1.38. The summed E-state index contributed by atoms with van der Waals surface area (Å²) < 4.78 is 0. The minimum Gasteiger partial charge on any atom is -1.00 e. The predicted molar refractivity (Wildman–Crippen MR) is 21.1 cm³/mol. The summed E-state index contributed by atoms with van der Waals surface area (Å²) >= 11 is 0. The van der Waals surface area contributed by atoms with E-state index in [1.807, 2.05) is 0 Å². The Bertz CT molecular complexity index is 50.5. The number of carboxylic acid groups (broad SMARTS) is 1. The summed E-state index contributed by atoms with van der Waals surface area (Å²) in [7, 11) is 0. The largest absolute Gasteiger partial charge is 3.00 e. The van der Waals surface area contributed by atoms with E-state index in [0.29, 0.717) is 0 Å². The van der Waals surface area contributed by atoms with Crippen molar-refractivity contribution in [2.45, 2.75) is 13.3 Å². The summed E-state index contributed by atoms with van der Waals surface area (Å²) in [6.45, 7) is 1.54. The maximum Gasteiger partial charge on any atom is 3.00 e. The molecule has 8 heavy (non-hydrogen) atoms. The van der Waals surface area contributed by atoms with Gasteiger partial charge in [0.1, 0.15) is 0 Å². The zero-order valence-corrected chi connectivity index (χ0v) is 9.16. The monoisotopic (exact) mass is 258 g/mol. The van der Waals surface area contributed by atoms with Crippen molar-refractivity contribution < 1.29 is 34.7 Å². The van der Waals surface area contributed by atoms with Crippen LogP contribution < -0.4 is 29.9 Å². The van der Waals surface area contributed by atoms with Gasteiger partial charge in [-0.25, -0.2) is 0 Å². The summed E-state index contributed by atoms with van der Waals surface area (Å²) in [5.41, 5.74) is 0. The van der Waals surface area contributed by atoms with Gasteiger partial charge in [0.05, 0.1) is 0 Å². The Hall–Kier alpha value is 0.920. The van der Waals surface area contributed by atoms with E-state index in [-0.39, 0.29) is 57.1 Å². The number of aliphatic carboxylic acids is 1. The molecule has 2 nitrogen and oxygen atoms in total. The summed E-state index contributed by atoms with van der Waals surface area (Å²) in [5.74, 6) is -0.995. The van der Waals surface area contributed by atoms with Crippen molar-refractivity contribution in [2.75, 3.05) is 0 Å². The molecule has 0 aliphatic rings. The second-order valence-electron chi connectivity index (χ2n) is 0.726. The molecule has 0 unspecified atom stereocenters. The van der Waals surface area contributed by atoms with Gasteiger partial charge in [-0.1, -0.05) is 6.92 Å². The van der Waals surface area contributed by atoms with Crippen molar-refractivity contribution in [3.05, 3.63) is 0 Å². The number of rotatable bonds is 1. The van der Waals surface area contributed by atoms with E-state index in [0.717, 1.165) is 0 Å². The van der Waals surface area contributed by atoms with Gasteiger partial charge in [0.2, 0.25) is 0 Å². The summed E-state index contributed by atoms with van der Waals surface area (Å²) in [6, 6.07) is 0. The molecule has 0 fully saturated rings. The van der Waals surface area contributed by atoms with E-state index >= 15 is 0 Å². The molecule has 0 N–H and O–H groups in total. The van der Waals surface area contributed by atoms with E-state index in [1.165, 1.54) is 6.92 Å². The van der Waals surface area contributed by atoms with Crippen molar-refractivity contribution >= 4 is 31.8 Å². The fraction of sp³-hybridized carbons (Fsp3) is 0.667. The van der Waals surface area contributed by atoms with Gasteiger partial charge in [0.15, 0.2) is 0 Å². The number of carbonyl (C=O) groups is 1. The van der Waals surface area contributed by atoms with Crippen LogP contribution >= 0.6 is 0 Å². The van der Waals surface area contributed by atoms with Crippen molar-refractivity contribution in [3.8, 4) is 0 Å². The third kappa shape index (κ3) is 28.4. The molecule has 0 aliphatic heterocycles. The molecule has 5 heteroatoms. The molecule has 0 atom stereocenters. The smallest absolute Gasteiger partial charge is 1.00 e. The Kier molecular flexibility index (Phi) is 45.3. The van der Waals surface area contributed by atoms with Gasteiger partial charge in [0, 0.05) is 5.97 Å². The first-order valence-corrected chi connectivity index (χ1v) is 1.47. The number of halogens is 2. The molecular weight excluding hydrogens is 254 g/mol. The van der Waals surface area contributed by atoms with E-state index in [1.54, 1.807) is 0 Å². The predicted octanol–water partition coefficient (Wildman–Crippen LogP) is -7.23. The first-order valence-electron chi connectivity index (χ1n) is 1.47. The van der Waals surface area contributed by atoms with E-state index in [2.05, 4.69) is 0 Å². The minimum atomic E-state index is -0.995. The van der Waals surface area contributed by atoms with Crippen LogP contribution in [0.3, 0.4) is 0 Å². The first-order chi connectivity index (χ1) is 2.27. The molecule has 0 saturated carbocycles. The Morgan fingerprint density at radius 2 is 1.62 bits per heavy atom. The van der Waals surface area contributed by atoms with Crippen LogP contribution in [0, 0.1) is 0 Å². The molecule has 46 valence electrons. The Morgan fingerprint density at radius 1 is 1.50 bits per heavy atom. The van der Waals surface area contributed by atoms with Gasteiger partial charge in [-0.2, -0.15) is 0 Å². The van der Waals surface area contributed by atoms with Gasteiger partial charge < -0.3 is 34.7 Å². The van der Waals surface area contributed by atoms with Crippen LogP contribution in [0.2, 0.25) is 0 Å². The zero-order chi connectivity index (χ0) is 4.28. The molecule has 0 saturated heterocycles. The van der Waals surface area contributed by atoms with Crippen molar-refractivity contribution in [3.63, 3.8) is 0 Å². The van der Waals surface area contributed by atoms with E-state index < -0.39 is 5.97 Å². The molecular formula is C3H5Cl2InO2. The summed E-state index contributed by atoms with van der Waals surface area (Å²) in [6.07, 6.45) is 0.111. The maximum atomic E-state index is 9.26. The van der Waals surface area contributed by atoms with Gasteiger partial charge in [0.25, 0.3) is 0 Å². The average molecular weight is 259 g/mol. The van der Waals surface area contributed by atoms with Crippen LogP contribution in [-0.2, 0) is 4.79 Å². The molecule has 0 spiro atoms. The van der Waals surface area contributed by atoms with Crippen LogP contribution in [0.1, 0.15) is 13.3 Å². The fourth-order valence-corrected chi connectivity index (χ4v) is 0. The second kappa shape index (κ2) is 15.7. The number of hydrogen-bond donors (Lipinski definition) is 0.